The normalized spacial score (nSPS) is 17.1. The zero-order valence-electron chi connectivity index (χ0n) is 13.2. The molecule has 1 aliphatic rings. The molecule has 0 spiro atoms. The van der Waals surface area contributed by atoms with Crippen molar-refractivity contribution < 1.29 is 4.79 Å². The summed E-state index contributed by atoms with van der Waals surface area (Å²) < 4.78 is 0. The van der Waals surface area contributed by atoms with Crippen molar-refractivity contribution in [3.63, 3.8) is 0 Å². The van der Waals surface area contributed by atoms with Crippen LogP contribution < -0.4 is 0 Å². The lowest BCUT2D eigenvalue weighted by Crippen LogP contribution is -2.33. The first-order valence-corrected chi connectivity index (χ1v) is 8.36. The van der Waals surface area contributed by atoms with E-state index in [4.69, 9.17) is 0 Å². The standard InChI is InChI=1S/C16H20N4OS/c1-10-7-18-13(8-17-10)16(21)20(3)9-12-5-4-6-14-15(12)19-11(2)22-14/h7-8,12H,4-6,9H2,1-3H3/t12-/m1/s1. The largest absolute Gasteiger partial charge is 0.340 e. The van der Waals surface area contributed by atoms with Gasteiger partial charge in [0, 0.05) is 30.6 Å². The van der Waals surface area contributed by atoms with Gasteiger partial charge in [-0.25, -0.2) is 9.97 Å². The summed E-state index contributed by atoms with van der Waals surface area (Å²) >= 11 is 1.79. The van der Waals surface area contributed by atoms with E-state index in [1.807, 2.05) is 14.0 Å². The minimum absolute atomic E-state index is 0.0772. The molecule has 0 N–H and O–H groups in total. The summed E-state index contributed by atoms with van der Waals surface area (Å²) in [6, 6.07) is 0. The van der Waals surface area contributed by atoms with E-state index >= 15 is 0 Å². The lowest BCUT2D eigenvalue weighted by atomic mass is 9.90. The Bertz CT molecular complexity index is 680. The smallest absolute Gasteiger partial charge is 0.273 e. The highest BCUT2D eigenvalue weighted by Gasteiger charge is 2.27. The number of aryl methyl sites for hydroxylation is 3. The summed E-state index contributed by atoms with van der Waals surface area (Å²) in [6.07, 6.45) is 6.56. The van der Waals surface area contributed by atoms with E-state index in [2.05, 4.69) is 21.9 Å². The number of aromatic nitrogens is 3. The van der Waals surface area contributed by atoms with Crippen LogP contribution in [0, 0.1) is 13.8 Å². The molecule has 0 unspecified atom stereocenters. The highest BCUT2D eigenvalue weighted by molar-refractivity contribution is 7.11. The molecule has 2 heterocycles. The first-order valence-electron chi connectivity index (χ1n) is 7.55. The van der Waals surface area contributed by atoms with Crippen molar-refractivity contribution in [2.24, 2.45) is 0 Å². The van der Waals surface area contributed by atoms with Crippen LogP contribution in [-0.4, -0.2) is 39.4 Å². The molecule has 0 aliphatic heterocycles. The van der Waals surface area contributed by atoms with E-state index in [1.54, 1.807) is 28.6 Å². The molecule has 0 saturated heterocycles. The van der Waals surface area contributed by atoms with Crippen LogP contribution in [0.15, 0.2) is 12.4 Å². The topological polar surface area (TPSA) is 59.0 Å². The Labute approximate surface area is 134 Å². The van der Waals surface area contributed by atoms with Crippen LogP contribution >= 0.6 is 11.3 Å². The second-order valence-corrected chi connectivity index (χ2v) is 7.15. The fourth-order valence-corrected chi connectivity index (χ4v) is 3.98. The summed E-state index contributed by atoms with van der Waals surface area (Å²) in [7, 11) is 1.83. The number of carbonyl (C=O) groups is 1. The minimum Gasteiger partial charge on any atom is -0.340 e. The molecule has 22 heavy (non-hydrogen) atoms. The number of rotatable bonds is 3. The van der Waals surface area contributed by atoms with Gasteiger partial charge < -0.3 is 4.90 Å². The third-order valence-corrected chi connectivity index (χ3v) is 5.06. The molecule has 5 nitrogen and oxygen atoms in total. The second kappa shape index (κ2) is 6.12. The summed E-state index contributed by atoms with van der Waals surface area (Å²) in [5, 5.41) is 1.12. The molecule has 2 aromatic heterocycles. The molecule has 0 saturated carbocycles. The molecule has 0 radical (unpaired) electrons. The Morgan fingerprint density at radius 1 is 1.36 bits per heavy atom. The first kappa shape index (κ1) is 15.1. The van der Waals surface area contributed by atoms with Crippen molar-refractivity contribution in [3.05, 3.63) is 39.4 Å². The average molecular weight is 316 g/mol. The third kappa shape index (κ3) is 3.02. The second-order valence-electron chi connectivity index (χ2n) is 5.86. The average Bonchev–Trinajstić information content (AvgIpc) is 2.88. The predicted molar refractivity (Wildman–Crippen MR) is 86.3 cm³/mol. The van der Waals surface area contributed by atoms with Gasteiger partial charge in [0.25, 0.3) is 5.91 Å². The molecule has 3 rings (SSSR count). The molecule has 2 aromatic rings. The highest BCUT2D eigenvalue weighted by atomic mass is 32.1. The summed E-state index contributed by atoms with van der Waals surface area (Å²) in [5.74, 6) is 0.257. The van der Waals surface area contributed by atoms with Gasteiger partial charge in [-0.1, -0.05) is 0 Å². The summed E-state index contributed by atoms with van der Waals surface area (Å²) in [6.45, 7) is 4.60. The Kier molecular flexibility index (Phi) is 4.20. The maximum absolute atomic E-state index is 12.5. The number of fused-ring (bicyclic) bond motifs is 1. The number of nitrogens with zero attached hydrogens (tertiary/aromatic N) is 4. The maximum atomic E-state index is 12.5. The number of hydrogen-bond donors (Lipinski definition) is 0. The molecule has 116 valence electrons. The maximum Gasteiger partial charge on any atom is 0.273 e. The van der Waals surface area contributed by atoms with Gasteiger partial charge in [0.05, 0.1) is 22.6 Å². The van der Waals surface area contributed by atoms with Crippen LogP contribution in [0.5, 0.6) is 0 Å². The lowest BCUT2D eigenvalue weighted by Gasteiger charge is -2.26. The van der Waals surface area contributed by atoms with Crippen molar-refractivity contribution in [1.82, 2.24) is 19.9 Å². The van der Waals surface area contributed by atoms with E-state index in [-0.39, 0.29) is 5.91 Å². The summed E-state index contributed by atoms with van der Waals surface area (Å²) in [4.78, 5) is 28.6. The Hall–Kier alpha value is -1.82. The number of thiazole rings is 1. The van der Waals surface area contributed by atoms with Gasteiger partial charge in [-0.05, 0) is 33.1 Å². The molecule has 1 atom stereocenters. The quantitative estimate of drug-likeness (QED) is 0.873. The van der Waals surface area contributed by atoms with Gasteiger partial charge in [-0.2, -0.15) is 0 Å². The predicted octanol–water partition coefficient (Wildman–Crippen LogP) is 2.74. The molecule has 1 aliphatic carbocycles. The molecule has 0 aromatic carbocycles. The Morgan fingerprint density at radius 2 is 2.18 bits per heavy atom. The Morgan fingerprint density at radius 3 is 2.91 bits per heavy atom. The SMILES string of the molecule is Cc1cnc(C(=O)N(C)C[C@H]2CCCc3sc(C)nc32)cn1. The number of carbonyl (C=O) groups excluding carboxylic acids is 1. The van der Waals surface area contributed by atoms with Crippen molar-refractivity contribution in [2.45, 2.75) is 39.0 Å². The van der Waals surface area contributed by atoms with Crippen LogP contribution in [-0.2, 0) is 6.42 Å². The van der Waals surface area contributed by atoms with Crippen LogP contribution in [0.3, 0.4) is 0 Å². The van der Waals surface area contributed by atoms with Crippen molar-refractivity contribution >= 4 is 17.2 Å². The van der Waals surface area contributed by atoms with Crippen LogP contribution in [0.25, 0.3) is 0 Å². The number of hydrogen-bond acceptors (Lipinski definition) is 5. The van der Waals surface area contributed by atoms with Crippen LogP contribution in [0.4, 0.5) is 0 Å². The molecule has 0 bridgehead atoms. The van der Waals surface area contributed by atoms with E-state index in [1.165, 1.54) is 17.0 Å². The zero-order chi connectivity index (χ0) is 15.7. The molecular weight excluding hydrogens is 296 g/mol. The van der Waals surface area contributed by atoms with E-state index in [9.17, 15) is 4.79 Å². The van der Waals surface area contributed by atoms with Gasteiger partial charge in [-0.15, -0.1) is 11.3 Å². The van der Waals surface area contributed by atoms with Crippen molar-refractivity contribution in [3.8, 4) is 0 Å². The van der Waals surface area contributed by atoms with Crippen LogP contribution in [0.2, 0.25) is 0 Å². The third-order valence-electron chi connectivity index (χ3n) is 4.02. The van der Waals surface area contributed by atoms with Gasteiger partial charge >= 0.3 is 0 Å². The molecule has 1 amide bonds. The van der Waals surface area contributed by atoms with E-state index < -0.39 is 0 Å². The van der Waals surface area contributed by atoms with Gasteiger partial charge in [-0.3, -0.25) is 9.78 Å². The fraction of sp³-hybridized carbons (Fsp3) is 0.500. The number of amides is 1. The van der Waals surface area contributed by atoms with Gasteiger partial charge in [0.1, 0.15) is 5.69 Å². The van der Waals surface area contributed by atoms with Gasteiger partial charge in [0.15, 0.2) is 0 Å². The van der Waals surface area contributed by atoms with Crippen molar-refractivity contribution in [1.29, 1.82) is 0 Å². The van der Waals surface area contributed by atoms with Crippen molar-refractivity contribution in [2.75, 3.05) is 13.6 Å². The summed E-state index contributed by atoms with van der Waals surface area (Å²) in [5.41, 5.74) is 2.41. The molecule has 0 fully saturated rings. The minimum atomic E-state index is -0.0772. The number of likely N-dealkylation sites (N-methyl/N-ethyl adjacent to an activating group) is 1. The molecule has 6 heteroatoms. The fourth-order valence-electron chi connectivity index (χ4n) is 2.92. The van der Waals surface area contributed by atoms with Gasteiger partial charge in [0.2, 0.25) is 0 Å². The Balaban J connectivity index is 1.73. The molecular formula is C16H20N4OS. The lowest BCUT2D eigenvalue weighted by molar-refractivity contribution is 0.0776. The first-order chi connectivity index (χ1) is 10.5. The van der Waals surface area contributed by atoms with E-state index in [0.717, 1.165) is 23.5 Å². The zero-order valence-corrected chi connectivity index (χ0v) is 14.0. The van der Waals surface area contributed by atoms with E-state index in [0.29, 0.717) is 18.2 Å². The highest BCUT2D eigenvalue weighted by Crippen LogP contribution is 2.35. The van der Waals surface area contributed by atoms with Crippen LogP contribution in [0.1, 0.15) is 50.5 Å². The monoisotopic (exact) mass is 316 g/mol.